The second-order valence-corrected chi connectivity index (χ2v) is 5.72. The lowest BCUT2D eigenvalue weighted by Crippen LogP contribution is -2.26. The first-order chi connectivity index (χ1) is 8.41. The number of hydrogen-bond acceptors (Lipinski definition) is 3. The molecule has 0 aromatic heterocycles. The van der Waals surface area contributed by atoms with E-state index in [9.17, 15) is 0 Å². The van der Waals surface area contributed by atoms with Crippen LogP contribution in [0.1, 0.15) is 19.4 Å². The first-order valence-electron chi connectivity index (χ1n) is 5.84. The fraction of sp³-hybridized carbons (Fsp3) is 0.462. The highest BCUT2D eigenvalue weighted by molar-refractivity contribution is 9.10. The summed E-state index contributed by atoms with van der Waals surface area (Å²) in [7, 11) is 2.01. The molecule has 2 N–H and O–H groups in total. The highest BCUT2D eigenvalue weighted by atomic mass is 79.9. The molecule has 1 aromatic rings. The molecular formula is C13H19BrN2OS. The van der Waals surface area contributed by atoms with E-state index in [2.05, 4.69) is 20.8 Å². The summed E-state index contributed by atoms with van der Waals surface area (Å²) >= 11 is 8.53. The van der Waals surface area contributed by atoms with Gasteiger partial charge in [-0.1, -0.05) is 28.1 Å². The van der Waals surface area contributed by atoms with Crippen LogP contribution in [0.15, 0.2) is 22.7 Å². The number of likely N-dealkylation sites (N-methyl/N-ethyl adjacent to an activating group) is 1. The van der Waals surface area contributed by atoms with Crippen LogP contribution >= 0.6 is 28.1 Å². The maximum absolute atomic E-state index is 5.74. The first-order valence-corrected chi connectivity index (χ1v) is 7.04. The first kappa shape index (κ1) is 15.4. The van der Waals surface area contributed by atoms with Crippen molar-refractivity contribution in [1.29, 1.82) is 0 Å². The van der Waals surface area contributed by atoms with Gasteiger partial charge in [-0.15, -0.1) is 0 Å². The summed E-state index contributed by atoms with van der Waals surface area (Å²) in [5, 5.41) is 0. The Morgan fingerprint density at radius 2 is 2.17 bits per heavy atom. The van der Waals surface area contributed by atoms with Crippen LogP contribution in [0.25, 0.3) is 0 Å². The molecule has 0 amide bonds. The average Bonchev–Trinajstić information content (AvgIpc) is 2.27. The molecule has 5 heteroatoms. The van der Waals surface area contributed by atoms with Crippen molar-refractivity contribution in [2.75, 3.05) is 25.1 Å². The lowest BCUT2D eigenvalue weighted by atomic mass is 10.1. The zero-order valence-corrected chi connectivity index (χ0v) is 13.3. The largest absolute Gasteiger partial charge is 0.389 e. The van der Waals surface area contributed by atoms with Crippen LogP contribution in [-0.2, 0) is 4.74 Å². The molecule has 1 aromatic carbocycles. The van der Waals surface area contributed by atoms with Crippen molar-refractivity contribution in [3.8, 4) is 0 Å². The van der Waals surface area contributed by atoms with Crippen molar-refractivity contribution < 1.29 is 4.74 Å². The van der Waals surface area contributed by atoms with Crippen LogP contribution in [0.3, 0.4) is 0 Å². The van der Waals surface area contributed by atoms with E-state index in [-0.39, 0.29) is 6.10 Å². The van der Waals surface area contributed by atoms with E-state index in [4.69, 9.17) is 22.7 Å². The molecule has 0 bridgehead atoms. The lowest BCUT2D eigenvalue weighted by molar-refractivity contribution is 0.0846. The fourth-order valence-corrected chi connectivity index (χ4v) is 2.10. The predicted molar refractivity (Wildman–Crippen MR) is 84.4 cm³/mol. The van der Waals surface area contributed by atoms with Crippen LogP contribution in [0.4, 0.5) is 5.69 Å². The van der Waals surface area contributed by atoms with Gasteiger partial charge in [0.15, 0.2) is 0 Å². The number of nitrogens with two attached hydrogens (primary N) is 1. The van der Waals surface area contributed by atoms with E-state index in [1.807, 2.05) is 39.1 Å². The Kier molecular flexibility index (Phi) is 6.05. The molecule has 0 aliphatic rings. The molecule has 18 heavy (non-hydrogen) atoms. The summed E-state index contributed by atoms with van der Waals surface area (Å²) in [5.74, 6) is 0. The summed E-state index contributed by atoms with van der Waals surface area (Å²) in [6.07, 6.45) is 0.246. The van der Waals surface area contributed by atoms with Gasteiger partial charge in [-0.25, -0.2) is 0 Å². The number of nitrogens with zero attached hydrogens (tertiary/aromatic N) is 1. The Bertz CT molecular complexity index is 423. The van der Waals surface area contributed by atoms with E-state index in [0.29, 0.717) is 11.6 Å². The molecule has 0 saturated heterocycles. The molecule has 0 aliphatic heterocycles. The Morgan fingerprint density at radius 3 is 2.72 bits per heavy atom. The summed E-state index contributed by atoms with van der Waals surface area (Å²) in [4.78, 5) is 2.51. The Labute approximate surface area is 122 Å². The van der Waals surface area contributed by atoms with Gasteiger partial charge in [-0.3, -0.25) is 0 Å². The SMILES string of the molecule is CC(C)OCCN(C)c1cc(Br)ccc1C(N)=S. The van der Waals surface area contributed by atoms with Gasteiger partial charge < -0.3 is 15.4 Å². The van der Waals surface area contributed by atoms with Crippen LogP contribution in [-0.4, -0.2) is 31.3 Å². The third kappa shape index (κ3) is 4.55. The third-order valence-corrected chi connectivity index (χ3v) is 3.23. The van der Waals surface area contributed by atoms with Crippen molar-refractivity contribution >= 4 is 38.8 Å². The van der Waals surface area contributed by atoms with Gasteiger partial charge in [-0.2, -0.15) is 0 Å². The Balaban J connectivity index is 2.80. The zero-order chi connectivity index (χ0) is 13.7. The molecular weight excluding hydrogens is 312 g/mol. The predicted octanol–water partition coefficient (Wildman–Crippen LogP) is 2.94. The monoisotopic (exact) mass is 330 g/mol. The molecule has 0 unspecified atom stereocenters. The minimum atomic E-state index is 0.246. The standard InChI is InChI=1S/C13H19BrN2OS/c1-9(2)17-7-6-16(3)12-8-10(14)4-5-11(12)13(15)18/h4-5,8-9H,6-7H2,1-3H3,(H2,15,18). The molecule has 0 heterocycles. The number of halogens is 1. The Morgan fingerprint density at radius 1 is 1.50 bits per heavy atom. The summed E-state index contributed by atoms with van der Waals surface area (Å²) in [6.45, 7) is 5.53. The molecule has 1 rings (SSSR count). The highest BCUT2D eigenvalue weighted by Gasteiger charge is 2.10. The average molecular weight is 331 g/mol. The van der Waals surface area contributed by atoms with Gasteiger partial charge in [0.25, 0.3) is 0 Å². The lowest BCUT2D eigenvalue weighted by Gasteiger charge is -2.23. The maximum atomic E-state index is 5.74. The zero-order valence-electron chi connectivity index (χ0n) is 10.9. The van der Waals surface area contributed by atoms with Crippen molar-refractivity contribution in [2.45, 2.75) is 20.0 Å². The van der Waals surface area contributed by atoms with E-state index < -0.39 is 0 Å². The van der Waals surface area contributed by atoms with Gasteiger partial charge in [0.2, 0.25) is 0 Å². The van der Waals surface area contributed by atoms with Crippen LogP contribution in [0, 0.1) is 0 Å². The number of rotatable bonds is 6. The van der Waals surface area contributed by atoms with E-state index >= 15 is 0 Å². The van der Waals surface area contributed by atoms with Crippen molar-refractivity contribution in [2.24, 2.45) is 5.73 Å². The van der Waals surface area contributed by atoms with Gasteiger partial charge in [0.05, 0.1) is 12.7 Å². The minimum absolute atomic E-state index is 0.246. The molecule has 3 nitrogen and oxygen atoms in total. The molecule has 0 atom stereocenters. The van der Waals surface area contributed by atoms with Gasteiger partial charge in [0.1, 0.15) is 4.99 Å². The van der Waals surface area contributed by atoms with Gasteiger partial charge >= 0.3 is 0 Å². The fourth-order valence-electron chi connectivity index (χ4n) is 1.57. The number of thiocarbonyl (C=S) groups is 1. The molecule has 0 spiro atoms. The third-order valence-electron chi connectivity index (χ3n) is 2.51. The molecule has 0 radical (unpaired) electrons. The Hall–Kier alpha value is -0.650. The molecule has 0 saturated carbocycles. The maximum Gasteiger partial charge on any atom is 0.106 e. The second kappa shape index (κ2) is 7.07. The molecule has 100 valence electrons. The van der Waals surface area contributed by atoms with Gasteiger partial charge in [0, 0.05) is 29.3 Å². The molecule has 0 fully saturated rings. The number of anilines is 1. The number of ether oxygens (including phenoxy) is 1. The van der Waals surface area contributed by atoms with Crippen LogP contribution in [0.5, 0.6) is 0 Å². The van der Waals surface area contributed by atoms with Gasteiger partial charge in [-0.05, 0) is 32.0 Å². The number of benzene rings is 1. The smallest absolute Gasteiger partial charge is 0.106 e. The minimum Gasteiger partial charge on any atom is -0.389 e. The summed E-state index contributed by atoms with van der Waals surface area (Å²) < 4.78 is 6.56. The van der Waals surface area contributed by atoms with E-state index in [1.54, 1.807) is 0 Å². The van der Waals surface area contributed by atoms with Crippen LogP contribution < -0.4 is 10.6 Å². The quantitative estimate of drug-likeness (QED) is 0.814. The van der Waals surface area contributed by atoms with Crippen molar-refractivity contribution in [3.63, 3.8) is 0 Å². The topological polar surface area (TPSA) is 38.5 Å². The summed E-state index contributed by atoms with van der Waals surface area (Å²) in [5.41, 5.74) is 7.64. The second-order valence-electron chi connectivity index (χ2n) is 4.37. The molecule has 0 aliphatic carbocycles. The van der Waals surface area contributed by atoms with E-state index in [1.165, 1.54) is 0 Å². The number of hydrogen-bond donors (Lipinski definition) is 1. The van der Waals surface area contributed by atoms with E-state index in [0.717, 1.165) is 22.3 Å². The van der Waals surface area contributed by atoms with Crippen LogP contribution in [0.2, 0.25) is 0 Å². The normalized spacial score (nSPS) is 10.7. The van der Waals surface area contributed by atoms with Crippen molar-refractivity contribution in [3.05, 3.63) is 28.2 Å². The highest BCUT2D eigenvalue weighted by Crippen LogP contribution is 2.24. The summed E-state index contributed by atoms with van der Waals surface area (Å²) in [6, 6.07) is 5.89. The van der Waals surface area contributed by atoms with Crippen molar-refractivity contribution in [1.82, 2.24) is 0 Å².